The van der Waals surface area contributed by atoms with Gasteiger partial charge in [-0.1, -0.05) is 6.58 Å². The Hall–Kier alpha value is -1.37. The van der Waals surface area contributed by atoms with Gasteiger partial charge >= 0.3 is 5.97 Å². The molecule has 4 saturated carbocycles. The predicted octanol–water partition coefficient (Wildman–Crippen LogP) is 2.83. The van der Waals surface area contributed by atoms with Gasteiger partial charge in [-0.25, -0.2) is 4.79 Å². The van der Waals surface area contributed by atoms with Crippen LogP contribution in [0, 0.1) is 52.8 Å². The minimum Gasteiger partial charge on any atom is -0.457 e. The maximum absolute atomic E-state index is 12.8. The minimum absolute atomic E-state index is 0.124. The summed E-state index contributed by atoms with van der Waals surface area (Å²) in [6.07, 6.45) is 4.02. The molecule has 0 aromatic heterocycles. The first-order valence-electron chi connectivity index (χ1n) is 7.55. The van der Waals surface area contributed by atoms with Crippen LogP contribution in [0.5, 0.6) is 0 Å². The summed E-state index contributed by atoms with van der Waals surface area (Å²) in [4.78, 5) is 11.4. The van der Waals surface area contributed by atoms with Crippen LogP contribution < -0.4 is 0 Å². The molecule has 20 heavy (non-hydrogen) atoms. The van der Waals surface area contributed by atoms with Gasteiger partial charge in [0.05, 0.1) is 6.07 Å². The first kappa shape index (κ1) is 12.4. The van der Waals surface area contributed by atoms with Crippen LogP contribution in [0.25, 0.3) is 0 Å². The van der Waals surface area contributed by atoms with Gasteiger partial charge in [-0.15, -0.1) is 0 Å². The van der Waals surface area contributed by atoms with Crippen LogP contribution in [-0.4, -0.2) is 12.1 Å². The highest BCUT2D eigenvalue weighted by Gasteiger charge is 2.65. The summed E-state index contributed by atoms with van der Waals surface area (Å²) < 4.78 is 18.1. The number of hydrogen-bond donors (Lipinski definition) is 0. The van der Waals surface area contributed by atoms with Crippen molar-refractivity contribution in [3.05, 3.63) is 12.4 Å². The van der Waals surface area contributed by atoms with Gasteiger partial charge in [-0.2, -0.15) is 9.65 Å². The van der Waals surface area contributed by atoms with E-state index < -0.39 is 11.8 Å². The van der Waals surface area contributed by atoms with Gasteiger partial charge in [0.25, 0.3) is 0 Å². The molecule has 0 aliphatic heterocycles. The number of ether oxygens (including phenoxy) is 1. The Kier molecular flexibility index (Phi) is 2.52. The van der Waals surface area contributed by atoms with Gasteiger partial charge in [-0.05, 0) is 61.2 Å². The quantitative estimate of drug-likeness (QED) is 0.442. The third kappa shape index (κ3) is 1.47. The van der Waals surface area contributed by atoms with Crippen molar-refractivity contribution in [2.75, 3.05) is 0 Å². The average Bonchev–Trinajstić information content (AvgIpc) is 3.14. The summed E-state index contributed by atoms with van der Waals surface area (Å²) in [5, 5.41) is 9.24. The number of esters is 1. The van der Waals surface area contributed by atoms with Crippen LogP contribution >= 0.6 is 0 Å². The molecule has 8 atom stereocenters. The van der Waals surface area contributed by atoms with E-state index in [1.54, 1.807) is 0 Å². The lowest BCUT2D eigenvalue weighted by Crippen LogP contribution is -2.39. The Bertz CT molecular complexity index is 525. The van der Waals surface area contributed by atoms with Crippen LogP contribution in [0.3, 0.4) is 0 Å². The highest BCUT2D eigenvalue weighted by atomic mass is 19.1. The zero-order valence-corrected chi connectivity index (χ0v) is 11.3. The van der Waals surface area contributed by atoms with Gasteiger partial charge in [0, 0.05) is 5.92 Å². The van der Waals surface area contributed by atoms with E-state index in [4.69, 9.17) is 4.74 Å². The Balaban J connectivity index is 1.52. The third-order valence-corrected chi connectivity index (χ3v) is 6.40. The van der Waals surface area contributed by atoms with E-state index in [1.165, 1.54) is 6.42 Å². The smallest absolute Gasteiger partial charge is 0.366 e. The Labute approximate surface area is 117 Å². The van der Waals surface area contributed by atoms with E-state index >= 15 is 0 Å². The maximum Gasteiger partial charge on any atom is 0.366 e. The molecule has 4 rings (SSSR count). The Morgan fingerprint density at radius 1 is 1.15 bits per heavy atom. The zero-order chi connectivity index (χ0) is 14.0. The predicted molar refractivity (Wildman–Crippen MR) is 68.6 cm³/mol. The van der Waals surface area contributed by atoms with Crippen LogP contribution in [0.1, 0.15) is 25.7 Å². The lowest BCUT2D eigenvalue weighted by atomic mass is 9.67. The second-order valence-corrected chi connectivity index (χ2v) is 7.03. The summed E-state index contributed by atoms with van der Waals surface area (Å²) in [5.74, 6) is 1.77. The van der Waals surface area contributed by atoms with E-state index in [9.17, 15) is 14.4 Å². The molecule has 106 valence electrons. The van der Waals surface area contributed by atoms with Crippen LogP contribution in [0.2, 0.25) is 0 Å². The molecule has 4 aliphatic rings. The monoisotopic (exact) mass is 275 g/mol. The normalized spacial score (nSPS) is 50.8. The van der Waals surface area contributed by atoms with Crippen molar-refractivity contribution in [1.29, 1.82) is 5.26 Å². The number of nitrogens with zero attached hydrogens (tertiary/aromatic N) is 1. The van der Waals surface area contributed by atoms with Crippen molar-refractivity contribution in [1.82, 2.24) is 0 Å². The van der Waals surface area contributed by atoms with Crippen LogP contribution in [0.4, 0.5) is 4.39 Å². The zero-order valence-electron chi connectivity index (χ0n) is 11.3. The number of nitriles is 1. The fraction of sp³-hybridized carbons (Fsp3) is 0.750. The van der Waals surface area contributed by atoms with Crippen molar-refractivity contribution in [3.8, 4) is 6.07 Å². The number of carbonyl (C=O) groups excluding carboxylic acids is 1. The first-order valence-corrected chi connectivity index (χ1v) is 7.55. The average molecular weight is 275 g/mol. The van der Waals surface area contributed by atoms with Crippen LogP contribution in [0.15, 0.2) is 12.4 Å². The number of halogens is 1. The van der Waals surface area contributed by atoms with Crippen molar-refractivity contribution in [3.63, 3.8) is 0 Å². The molecule has 8 unspecified atom stereocenters. The van der Waals surface area contributed by atoms with Crippen molar-refractivity contribution in [2.24, 2.45) is 41.4 Å². The van der Waals surface area contributed by atoms with Gasteiger partial charge in [0.15, 0.2) is 0 Å². The number of rotatable bonds is 2. The van der Waals surface area contributed by atoms with Gasteiger partial charge in [0.2, 0.25) is 5.83 Å². The topological polar surface area (TPSA) is 50.1 Å². The molecule has 0 aromatic carbocycles. The van der Waals surface area contributed by atoms with E-state index in [2.05, 4.69) is 12.6 Å². The van der Waals surface area contributed by atoms with E-state index in [0.29, 0.717) is 35.5 Å². The molecule has 0 radical (unpaired) electrons. The summed E-state index contributed by atoms with van der Waals surface area (Å²) in [6, 6.07) is 2.48. The molecule has 4 heteroatoms. The molecule has 4 bridgehead atoms. The highest BCUT2D eigenvalue weighted by molar-refractivity contribution is 5.85. The molecule has 0 heterocycles. The number of hydrogen-bond acceptors (Lipinski definition) is 3. The molecule has 0 spiro atoms. The Morgan fingerprint density at radius 3 is 2.50 bits per heavy atom. The summed E-state index contributed by atoms with van der Waals surface area (Å²) >= 11 is 0. The maximum atomic E-state index is 12.8. The van der Waals surface area contributed by atoms with E-state index in [1.807, 2.05) is 0 Å². The van der Waals surface area contributed by atoms with E-state index in [-0.39, 0.29) is 12.0 Å². The first-order chi connectivity index (χ1) is 9.60. The molecule has 4 fully saturated rings. The highest BCUT2D eigenvalue weighted by Crippen LogP contribution is 2.69. The molecule has 3 nitrogen and oxygen atoms in total. The summed E-state index contributed by atoms with van der Waals surface area (Å²) in [6.45, 7) is 3.01. The molecule has 4 aliphatic carbocycles. The fourth-order valence-corrected chi connectivity index (χ4v) is 6.02. The molecule has 0 N–H and O–H groups in total. The van der Waals surface area contributed by atoms with Crippen molar-refractivity contribution >= 4 is 5.97 Å². The SMILES string of the molecule is C=C(F)C(=O)OC1CC2CC1C1C3CC(C#N)C(C3)C21. The lowest BCUT2D eigenvalue weighted by Gasteiger charge is -2.39. The molecule has 0 saturated heterocycles. The second-order valence-electron chi connectivity index (χ2n) is 7.03. The van der Waals surface area contributed by atoms with Gasteiger partial charge in [0.1, 0.15) is 6.10 Å². The van der Waals surface area contributed by atoms with Crippen LogP contribution in [-0.2, 0) is 9.53 Å². The molecule has 0 aromatic rings. The van der Waals surface area contributed by atoms with Gasteiger partial charge < -0.3 is 4.74 Å². The van der Waals surface area contributed by atoms with Gasteiger partial charge in [-0.3, -0.25) is 0 Å². The molecule has 0 amide bonds. The largest absolute Gasteiger partial charge is 0.457 e. The van der Waals surface area contributed by atoms with Crippen molar-refractivity contribution in [2.45, 2.75) is 31.8 Å². The second kappa shape index (κ2) is 4.07. The number of carbonyl (C=O) groups is 1. The standard InChI is InChI=1S/C16H18FNO2/c1-7(17)16(19)20-13-5-9-4-12(13)15-8-2-10(6-18)11(3-8)14(9)15/h8-15H,1-5H2. The third-order valence-electron chi connectivity index (χ3n) is 6.40. The lowest BCUT2D eigenvalue weighted by molar-refractivity contribution is -0.151. The fourth-order valence-electron chi connectivity index (χ4n) is 6.02. The van der Waals surface area contributed by atoms with Crippen molar-refractivity contribution < 1.29 is 13.9 Å². The summed E-state index contributed by atoms with van der Waals surface area (Å²) in [7, 11) is 0. The van der Waals surface area contributed by atoms with E-state index in [0.717, 1.165) is 19.3 Å². The Morgan fingerprint density at radius 2 is 1.80 bits per heavy atom. The number of fused-ring (bicyclic) bond motifs is 9. The molecular weight excluding hydrogens is 257 g/mol. The molecular formula is C16H18FNO2. The summed E-state index contributed by atoms with van der Waals surface area (Å²) in [5.41, 5.74) is 0. The minimum atomic E-state index is -0.998.